The van der Waals surface area contributed by atoms with Crippen LogP contribution in [-0.4, -0.2) is 42.6 Å². The Morgan fingerprint density at radius 2 is 1.96 bits per heavy atom. The maximum Gasteiger partial charge on any atom is 0.329 e. The maximum absolute atomic E-state index is 11.9. The Balaban J connectivity index is 2.36. The number of benzene rings is 1. The Morgan fingerprint density at radius 1 is 1.26 bits per heavy atom. The third-order valence-electron chi connectivity index (χ3n) is 2.89. The fourth-order valence-electron chi connectivity index (χ4n) is 1.74. The van der Waals surface area contributed by atoms with Gasteiger partial charge in [-0.2, -0.15) is 11.8 Å². The highest BCUT2D eigenvalue weighted by Crippen LogP contribution is 2.03. The highest BCUT2D eigenvalue weighted by Gasteiger charge is 2.21. The first kappa shape index (κ1) is 18.8. The van der Waals surface area contributed by atoms with E-state index in [4.69, 9.17) is 10.5 Å². The van der Waals surface area contributed by atoms with Gasteiger partial charge in [0.1, 0.15) is 6.04 Å². The lowest BCUT2D eigenvalue weighted by atomic mass is 10.2. The van der Waals surface area contributed by atoms with Crippen molar-refractivity contribution < 1.29 is 19.1 Å². The summed E-state index contributed by atoms with van der Waals surface area (Å²) in [7, 11) is 0. The molecule has 0 aliphatic heterocycles. The molecule has 3 amide bonds. The zero-order chi connectivity index (χ0) is 17.1. The van der Waals surface area contributed by atoms with Gasteiger partial charge in [0.2, 0.25) is 0 Å². The van der Waals surface area contributed by atoms with E-state index in [0.29, 0.717) is 18.7 Å². The van der Waals surface area contributed by atoms with Crippen LogP contribution in [0.15, 0.2) is 30.3 Å². The number of hydrogen-bond acceptors (Lipinski definition) is 5. The lowest BCUT2D eigenvalue weighted by Gasteiger charge is -2.15. The van der Waals surface area contributed by atoms with Gasteiger partial charge in [0.05, 0.1) is 0 Å². The van der Waals surface area contributed by atoms with Crippen molar-refractivity contribution in [2.24, 2.45) is 5.73 Å². The van der Waals surface area contributed by atoms with Crippen molar-refractivity contribution in [3.63, 3.8) is 0 Å². The lowest BCUT2D eigenvalue weighted by Crippen LogP contribution is -2.45. The van der Waals surface area contributed by atoms with E-state index in [1.54, 1.807) is 0 Å². The summed E-state index contributed by atoms with van der Waals surface area (Å²) in [6.07, 6.45) is 2.26. The van der Waals surface area contributed by atoms with Crippen LogP contribution in [0.25, 0.3) is 0 Å². The zero-order valence-corrected chi connectivity index (χ0v) is 13.7. The van der Waals surface area contributed by atoms with Gasteiger partial charge < -0.3 is 21.1 Å². The molecule has 0 aromatic heterocycles. The summed E-state index contributed by atoms with van der Waals surface area (Å²) in [4.78, 5) is 34.4. The van der Waals surface area contributed by atoms with E-state index in [2.05, 4.69) is 10.6 Å². The molecule has 4 N–H and O–H groups in total. The number of amides is 3. The second-order valence-electron chi connectivity index (χ2n) is 4.71. The molecule has 0 saturated heterocycles. The van der Waals surface area contributed by atoms with Gasteiger partial charge in [-0.25, -0.2) is 9.59 Å². The molecule has 0 bridgehead atoms. The second-order valence-corrected chi connectivity index (χ2v) is 5.70. The summed E-state index contributed by atoms with van der Waals surface area (Å²) in [5, 5.41) is 4.96. The van der Waals surface area contributed by atoms with Gasteiger partial charge in [-0.1, -0.05) is 30.3 Å². The smallest absolute Gasteiger partial charge is 0.329 e. The number of thioether (sulfide) groups is 1. The second kappa shape index (κ2) is 10.5. The van der Waals surface area contributed by atoms with Crippen LogP contribution in [-0.2, 0) is 20.9 Å². The minimum absolute atomic E-state index is 0.354. The number of esters is 1. The molecule has 1 atom stereocenters. The summed E-state index contributed by atoms with van der Waals surface area (Å²) >= 11 is 1.53. The normalized spacial score (nSPS) is 11.3. The van der Waals surface area contributed by atoms with E-state index in [9.17, 15) is 14.4 Å². The number of ether oxygens (including phenoxy) is 1. The van der Waals surface area contributed by atoms with E-state index in [1.807, 2.05) is 36.6 Å². The van der Waals surface area contributed by atoms with Crippen LogP contribution in [0.3, 0.4) is 0 Å². The van der Waals surface area contributed by atoms with Crippen molar-refractivity contribution in [1.82, 2.24) is 10.6 Å². The van der Waals surface area contributed by atoms with Crippen LogP contribution in [0.2, 0.25) is 0 Å². The van der Waals surface area contributed by atoms with Gasteiger partial charge in [-0.05, 0) is 24.0 Å². The molecular formula is C15H21N3O4S. The number of urea groups is 1. The Kier molecular flexibility index (Phi) is 8.59. The van der Waals surface area contributed by atoms with Crippen LogP contribution in [0.5, 0.6) is 0 Å². The predicted octanol–water partition coefficient (Wildman–Crippen LogP) is 0.636. The number of rotatable bonds is 9. The third kappa shape index (κ3) is 8.10. The van der Waals surface area contributed by atoms with Crippen molar-refractivity contribution in [2.75, 3.05) is 18.6 Å². The topological polar surface area (TPSA) is 111 Å². The van der Waals surface area contributed by atoms with Crippen molar-refractivity contribution in [2.45, 2.75) is 19.0 Å². The van der Waals surface area contributed by atoms with Gasteiger partial charge >= 0.3 is 12.0 Å². The molecule has 1 rings (SSSR count). The summed E-state index contributed by atoms with van der Waals surface area (Å²) in [5.41, 5.74) is 5.97. The summed E-state index contributed by atoms with van der Waals surface area (Å²) in [5.74, 6) is -0.433. The molecule has 0 aliphatic rings. The third-order valence-corrected chi connectivity index (χ3v) is 3.53. The molecule has 23 heavy (non-hydrogen) atoms. The number of nitrogens with two attached hydrogens (primary N) is 1. The van der Waals surface area contributed by atoms with Crippen LogP contribution in [0.4, 0.5) is 4.79 Å². The van der Waals surface area contributed by atoms with Gasteiger partial charge in [0, 0.05) is 6.54 Å². The lowest BCUT2D eigenvalue weighted by molar-refractivity contribution is -0.150. The predicted molar refractivity (Wildman–Crippen MR) is 88.8 cm³/mol. The maximum atomic E-state index is 11.9. The summed E-state index contributed by atoms with van der Waals surface area (Å²) in [6.45, 7) is -0.0471. The monoisotopic (exact) mass is 339 g/mol. The molecule has 0 saturated carbocycles. The Labute approximate surface area is 139 Å². The van der Waals surface area contributed by atoms with E-state index >= 15 is 0 Å². The Bertz CT molecular complexity index is 525. The quantitative estimate of drug-likeness (QED) is 0.572. The minimum Gasteiger partial charge on any atom is -0.454 e. The van der Waals surface area contributed by atoms with Crippen molar-refractivity contribution in [1.29, 1.82) is 0 Å². The fraction of sp³-hybridized carbons (Fsp3) is 0.400. The average Bonchev–Trinajstić information content (AvgIpc) is 2.55. The largest absolute Gasteiger partial charge is 0.454 e. The van der Waals surface area contributed by atoms with Gasteiger partial charge in [-0.3, -0.25) is 4.79 Å². The van der Waals surface area contributed by atoms with Crippen molar-refractivity contribution in [3.8, 4) is 0 Å². The zero-order valence-electron chi connectivity index (χ0n) is 12.9. The molecule has 0 fully saturated rings. The molecule has 0 aliphatic carbocycles. The number of hydrogen-bond donors (Lipinski definition) is 3. The van der Waals surface area contributed by atoms with Crippen LogP contribution in [0.1, 0.15) is 12.0 Å². The number of nitrogens with one attached hydrogen (secondary N) is 2. The number of carbonyl (C=O) groups excluding carboxylic acids is 3. The molecular weight excluding hydrogens is 318 g/mol. The van der Waals surface area contributed by atoms with Gasteiger partial charge in [0.15, 0.2) is 6.61 Å². The van der Waals surface area contributed by atoms with Gasteiger partial charge in [-0.15, -0.1) is 0 Å². The molecule has 0 spiro atoms. The Hall–Kier alpha value is -2.22. The standard InChI is InChI=1S/C15H21N3O4S/c1-23-8-7-12(18-15(16)21)14(20)22-10-13(19)17-9-11-5-3-2-4-6-11/h2-6,12H,7-10H2,1H3,(H,17,19)(H3,16,18,21)/t12-/m1/s1. The molecule has 126 valence electrons. The highest BCUT2D eigenvalue weighted by molar-refractivity contribution is 7.98. The summed E-state index contributed by atoms with van der Waals surface area (Å²) < 4.78 is 4.92. The van der Waals surface area contributed by atoms with Crippen LogP contribution < -0.4 is 16.4 Å². The molecule has 8 heteroatoms. The highest BCUT2D eigenvalue weighted by atomic mass is 32.2. The first-order valence-electron chi connectivity index (χ1n) is 7.05. The minimum atomic E-state index is -0.845. The Morgan fingerprint density at radius 3 is 2.57 bits per heavy atom. The molecule has 1 aromatic rings. The van der Waals surface area contributed by atoms with E-state index < -0.39 is 30.6 Å². The molecule has 1 aromatic carbocycles. The fourth-order valence-corrected chi connectivity index (χ4v) is 2.21. The van der Waals surface area contributed by atoms with Crippen LogP contribution in [0, 0.1) is 0 Å². The van der Waals surface area contributed by atoms with Crippen LogP contribution >= 0.6 is 11.8 Å². The number of primary amides is 1. The van der Waals surface area contributed by atoms with Gasteiger partial charge in [0.25, 0.3) is 5.91 Å². The molecule has 0 radical (unpaired) electrons. The first-order valence-corrected chi connectivity index (χ1v) is 8.44. The molecule has 7 nitrogen and oxygen atoms in total. The summed E-state index contributed by atoms with van der Waals surface area (Å²) in [6, 6.07) is 7.72. The van der Waals surface area contributed by atoms with Crippen molar-refractivity contribution >= 4 is 29.7 Å². The molecule has 0 heterocycles. The van der Waals surface area contributed by atoms with E-state index in [-0.39, 0.29) is 0 Å². The average molecular weight is 339 g/mol. The number of carbonyl (C=O) groups is 3. The first-order chi connectivity index (χ1) is 11.0. The molecule has 0 unspecified atom stereocenters. The van der Waals surface area contributed by atoms with E-state index in [1.165, 1.54) is 11.8 Å². The SMILES string of the molecule is CSCC[C@@H](NC(N)=O)C(=O)OCC(=O)NCc1ccccc1. The van der Waals surface area contributed by atoms with E-state index in [0.717, 1.165) is 5.56 Å². The van der Waals surface area contributed by atoms with Crippen molar-refractivity contribution in [3.05, 3.63) is 35.9 Å².